The molecule has 0 bridgehead atoms. The molecule has 0 fully saturated rings. The zero-order valence-corrected chi connectivity index (χ0v) is 8.25. The van der Waals surface area contributed by atoms with Crippen LogP contribution in [0.5, 0.6) is 0 Å². The van der Waals surface area contributed by atoms with Crippen molar-refractivity contribution in [3.63, 3.8) is 0 Å². The van der Waals surface area contributed by atoms with Crippen molar-refractivity contribution < 1.29 is 0 Å². The van der Waals surface area contributed by atoms with Gasteiger partial charge in [0.2, 0.25) is 0 Å². The third-order valence-electron chi connectivity index (χ3n) is 2.08. The Hall–Kier alpha value is -2.22. The Kier molecular flexibility index (Phi) is 2.42. The topological polar surface area (TPSA) is 67.4 Å². The van der Waals surface area contributed by atoms with Gasteiger partial charge in [-0.25, -0.2) is 4.98 Å². The lowest BCUT2D eigenvalue weighted by Gasteiger charge is -2.05. The molecule has 2 rings (SSSR count). The predicted octanol–water partition coefficient (Wildman–Crippen LogP) is 1.10. The van der Waals surface area contributed by atoms with Crippen molar-refractivity contribution in [2.45, 2.75) is 13.3 Å². The summed E-state index contributed by atoms with van der Waals surface area (Å²) in [4.78, 5) is 4.17. The summed E-state index contributed by atoms with van der Waals surface area (Å²) >= 11 is 0. The standard InChI is InChI=1S/C10H9N5/c1-2-9-12-5-6-15(9)10-8(7-11)3-4-13-14-10/h3-6H,2H2,1H3. The summed E-state index contributed by atoms with van der Waals surface area (Å²) < 4.78 is 1.78. The van der Waals surface area contributed by atoms with E-state index >= 15 is 0 Å². The van der Waals surface area contributed by atoms with E-state index in [1.165, 1.54) is 6.20 Å². The van der Waals surface area contributed by atoms with Crippen LogP contribution in [0, 0.1) is 11.3 Å². The Morgan fingerprint density at radius 3 is 3.07 bits per heavy atom. The molecule has 0 atom stereocenters. The molecule has 0 amide bonds. The lowest BCUT2D eigenvalue weighted by molar-refractivity contribution is 0.835. The van der Waals surface area contributed by atoms with Crippen molar-refractivity contribution in [3.05, 3.63) is 36.0 Å². The molecular weight excluding hydrogens is 190 g/mol. The van der Waals surface area contributed by atoms with Crippen LogP contribution in [0.15, 0.2) is 24.7 Å². The van der Waals surface area contributed by atoms with Gasteiger partial charge in [0.15, 0.2) is 5.82 Å². The van der Waals surface area contributed by atoms with Crippen molar-refractivity contribution in [2.75, 3.05) is 0 Å². The number of nitrogens with zero attached hydrogens (tertiary/aromatic N) is 5. The molecule has 0 saturated carbocycles. The van der Waals surface area contributed by atoms with Gasteiger partial charge in [-0.05, 0) is 6.07 Å². The molecule has 2 aromatic heterocycles. The Labute approximate surface area is 87.0 Å². The maximum atomic E-state index is 8.93. The first-order chi connectivity index (χ1) is 7.36. The molecule has 0 radical (unpaired) electrons. The molecule has 0 N–H and O–H groups in total. The molecule has 5 nitrogen and oxygen atoms in total. The van der Waals surface area contributed by atoms with Crippen molar-refractivity contribution in [1.82, 2.24) is 19.7 Å². The second kappa shape index (κ2) is 3.88. The summed E-state index contributed by atoms with van der Waals surface area (Å²) in [5, 5.41) is 16.7. The van der Waals surface area contributed by atoms with Gasteiger partial charge in [-0.3, -0.25) is 4.57 Å². The number of nitriles is 1. The first-order valence-corrected chi connectivity index (χ1v) is 4.61. The quantitative estimate of drug-likeness (QED) is 0.726. The minimum atomic E-state index is 0.498. The van der Waals surface area contributed by atoms with Gasteiger partial charge < -0.3 is 0 Å². The van der Waals surface area contributed by atoms with Crippen molar-refractivity contribution in [3.8, 4) is 11.9 Å². The second-order valence-corrected chi connectivity index (χ2v) is 2.95. The van der Waals surface area contributed by atoms with E-state index in [9.17, 15) is 0 Å². The van der Waals surface area contributed by atoms with E-state index in [4.69, 9.17) is 5.26 Å². The van der Waals surface area contributed by atoms with Crippen LogP contribution in [-0.4, -0.2) is 19.7 Å². The van der Waals surface area contributed by atoms with Crippen LogP contribution in [0.4, 0.5) is 0 Å². The fourth-order valence-corrected chi connectivity index (χ4v) is 1.38. The van der Waals surface area contributed by atoms with E-state index in [0.29, 0.717) is 11.4 Å². The van der Waals surface area contributed by atoms with Crippen LogP contribution in [0.3, 0.4) is 0 Å². The summed E-state index contributed by atoms with van der Waals surface area (Å²) in [6, 6.07) is 3.72. The normalized spacial score (nSPS) is 9.87. The van der Waals surface area contributed by atoms with E-state index in [1.54, 1.807) is 23.0 Å². The highest BCUT2D eigenvalue weighted by molar-refractivity contribution is 5.42. The Morgan fingerprint density at radius 1 is 1.47 bits per heavy atom. The Balaban J connectivity index is 2.59. The summed E-state index contributed by atoms with van der Waals surface area (Å²) in [5.41, 5.74) is 0.498. The first kappa shape index (κ1) is 9.34. The van der Waals surface area contributed by atoms with E-state index in [-0.39, 0.29) is 0 Å². The zero-order valence-electron chi connectivity index (χ0n) is 8.25. The second-order valence-electron chi connectivity index (χ2n) is 2.95. The van der Waals surface area contributed by atoms with Gasteiger partial charge >= 0.3 is 0 Å². The Morgan fingerprint density at radius 2 is 2.33 bits per heavy atom. The third-order valence-corrected chi connectivity index (χ3v) is 2.08. The molecule has 2 heterocycles. The maximum Gasteiger partial charge on any atom is 0.178 e. The fraction of sp³-hybridized carbons (Fsp3) is 0.200. The van der Waals surface area contributed by atoms with Gasteiger partial charge in [-0.1, -0.05) is 6.92 Å². The van der Waals surface area contributed by atoms with Crippen LogP contribution in [0.1, 0.15) is 18.3 Å². The average Bonchev–Trinajstić information content (AvgIpc) is 2.76. The molecule has 0 spiro atoms. The van der Waals surface area contributed by atoms with Crippen LogP contribution in [0.25, 0.3) is 5.82 Å². The smallest absolute Gasteiger partial charge is 0.178 e. The first-order valence-electron chi connectivity index (χ1n) is 4.61. The fourth-order valence-electron chi connectivity index (χ4n) is 1.38. The number of rotatable bonds is 2. The van der Waals surface area contributed by atoms with E-state index in [1.807, 2.05) is 6.92 Å². The molecule has 0 aliphatic heterocycles. The number of aryl methyl sites for hydroxylation is 1. The highest BCUT2D eigenvalue weighted by atomic mass is 15.2. The SMILES string of the molecule is CCc1nccn1-c1nnccc1C#N. The summed E-state index contributed by atoms with van der Waals surface area (Å²) in [6.45, 7) is 2.00. The predicted molar refractivity (Wildman–Crippen MR) is 53.2 cm³/mol. The molecule has 0 aliphatic rings. The van der Waals surface area contributed by atoms with Gasteiger partial charge in [-0.15, -0.1) is 5.10 Å². The summed E-state index contributed by atoms with van der Waals surface area (Å²) in [7, 11) is 0. The van der Waals surface area contributed by atoms with E-state index in [2.05, 4.69) is 21.3 Å². The van der Waals surface area contributed by atoms with Gasteiger partial charge in [-0.2, -0.15) is 10.4 Å². The number of aromatic nitrogens is 4. The van der Waals surface area contributed by atoms with E-state index in [0.717, 1.165) is 12.2 Å². The van der Waals surface area contributed by atoms with Crippen molar-refractivity contribution >= 4 is 0 Å². The molecule has 0 aromatic carbocycles. The largest absolute Gasteiger partial charge is 0.285 e. The van der Waals surface area contributed by atoms with Gasteiger partial charge in [0, 0.05) is 18.8 Å². The van der Waals surface area contributed by atoms with Crippen LogP contribution < -0.4 is 0 Å². The average molecular weight is 199 g/mol. The van der Waals surface area contributed by atoms with Crippen LogP contribution in [0.2, 0.25) is 0 Å². The molecule has 0 unspecified atom stereocenters. The molecule has 0 aliphatic carbocycles. The molecule has 5 heteroatoms. The lowest BCUT2D eigenvalue weighted by Crippen LogP contribution is -2.05. The van der Waals surface area contributed by atoms with E-state index < -0.39 is 0 Å². The van der Waals surface area contributed by atoms with Gasteiger partial charge in [0.1, 0.15) is 11.9 Å². The minimum absolute atomic E-state index is 0.498. The number of hydrogen-bond donors (Lipinski definition) is 0. The van der Waals surface area contributed by atoms with Gasteiger partial charge in [0.05, 0.1) is 11.8 Å². The van der Waals surface area contributed by atoms with Gasteiger partial charge in [0.25, 0.3) is 0 Å². The monoisotopic (exact) mass is 199 g/mol. The molecule has 0 saturated heterocycles. The Bertz CT molecular complexity index is 509. The highest BCUT2D eigenvalue weighted by Crippen LogP contribution is 2.11. The maximum absolute atomic E-state index is 8.93. The molecule has 2 aromatic rings. The lowest BCUT2D eigenvalue weighted by atomic mass is 10.3. The number of imidazole rings is 1. The van der Waals surface area contributed by atoms with Crippen LogP contribution >= 0.6 is 0 Å². The molecule has 15 heavy (non-hydrogen) atoms. The van der Waals surface area contributed by atoms with Crippen LogP contribution in [-0.2, 0) is 6.42 Å². The van der Waals surface area contributed by atoms with Crippen molar-refractivity contribution in [1.29, 1.82) is 5.26 Å². The molecular formula is C10H9N5. The highest BCUT2D eigenvalue weighted by Gasteiger charge is 2.09. The van der Waals surface area contributed by atoms with Crippen molar-refractivity contribution in [2.24, 2.45) is 0 Å². The minimum Gasteiger partial charge on any atom is -0.285 e. The number of hydrogen-bond acceptors (Lipinski definition) is 4. The third kappa shape index (κ3) is 1.57. The summed E-state index contributed by atoms with van der Waals surface area (Å²) in [6.07, 6.45) is 5.76. The summed E-state index contributed by atoms with van der Waals surface area (Å²) in [5.74, 6) is 1.40. The zero-order chi connectivity index (χ0) is 10.7. The molecule has 74 valence electrons.